The van der Waals surface area contributed by atoms with Gasteiger partial charge in [0, 0.05) is 17.3 Å². The average Bonchev–Trinajstić information content (AvgIpc) is 2.41. The first-order chi connectivity index (χ1) is 8.57. The minimum Gasteiger partial charge on any atom is -0.352 e. The van der Waals surface area contributed by atoms with Gasteiger partial charge >= 0.3 is 0 Å². The molecule has 1 amide bonds. The van der Waals surface area contributed by atoms with Crippen LogP contribution in [0.5, 0.6) is 0 Å². The fraction of sp³-hybridized carbons (Fsp3) is 0.929. The molecule has 0 atom stereocenters. The molecule has 0 aromatic carbocycles. The summed E-state index contributed by atoms with van der Waals surface area (Å²) in [5.41, 5.74) is 0. The van der Waals surface area contributed by atoms with E-state index >= 15 is 0 Å². The first-order valence-electron chi connectivity index (χ1n) is 7.12. The molecular weight excluding hydrogens is 244 g/mol. The van der Waals surface area contributed by atoms with E-state index in [9.17, 15) is 4.79 Å². The first kappa shape index (κ1) is 17.8. The highest BCUT2D eigenvalue weighted by molar-refractivity contribution is 8.00. The summed E-state index contributed by atoms with van der Waals surface area (Å²) in [5, 5.41) is 6.35. The van der Waals surface area contributed by atoms with Gasteiger partial charge in [0.25, 0.3) is 0 Å². The molecule has 0 saturated heterocycles. The maximum Gasteiger partial charge on any atom is 0.234 e. The van der Waals surface area contributed by atoms with Gasteiger partial charge < -0.3 is 10.6 Å². The van der Waals surface area contributed by atoms with Crippen LogP contribution in [0.3, 0.4) is 0 Å². The number of thioether (sulfide) groups is 1. The van der Waals surface area contributed by atoms with E-state index in [4.69, 9.17) is 0 Å². The van der Waals surface area contributed by atoms with Crippen molar-refractivity contribution in [1.29, 1.82) is 0 Å². The monoisotopic (exact) mass is 274 g/mol. The molecule has 0 fully saturated rings. The Morgan fingerprint density at radius 2 is 1.72 bits per heavy atom. The summed E-state index contributed by atoms with van der Waals surface area (Å²) in [7, 11) is 0. The van der Waals surface area contributed by atoms with Gasteiger partial charge in [-0.15, -0.1) is 0 Å². The molecule has 0 aliphatic rings. The lowest BCUT2D eigenvalue weighted by Crippen LogP contribution is -2.44. The van der Waals surface area contributed by atoms with Gasteiger partial charge in [0.1, 0.15) is 0 Å². The van der Waals surface area contributed by atoms with Crippen molar-refractivity contribution in [2.45, 2.75) is 64.2 Å². The number of hydrogen-bond acceptors (Lipinski definition) is 3. The summed E-state index contributed by atoms with van der Waals surface area (Å²) < 4.78 is 0.273. The predicted octanol–water partition coefficient (Wildman–Crippen LogP) is 2.80. The molecule has 3 nitrogen and oxygen atoms in total. The zero-order valence-corrected chi connectivity index (χ0v) is 13.5. The van der Waals surface area contributed by atoms with Gasteiger partial charge in [-0.2, -0.15) is 11.8 Å². The smallest absolute Gasteiger partial charge is 0.234 e. The zero-order valence-electron chi connectivity index (χ0n) is 12.6. The SMILES string of the molecule is CCC(CC)NC(=O)CNCC(CC)(CC)SC. The quantitative estimate of drug-likeness (QED) is 0.643. The standard InChI is InChI=1S/C14H30N2OS/c1-6-12(7-2)16-13(17)10-15-11-14(8-3,9-4)18-5/h12,15H,6-11H2,1-5H3,(H,16,17). The van der Waals surface area contributed by atoms with E-state index < -0.39 is 0 Å². The molecule has 0 rings (SSSR count). The van der Waals surface area contributed by atoms with E-state index in [1.54, 1.807) is 0 Å². The highest BCUT2D eigenvalue weighted by Gasteiger charge is 2.24. The third-order valence-electron chi connectivity index (χ3n) is 3.81. The largest absolute Gasteiger partial charge is 0.352 e. The van der Waals surface area contributed by atoms with Crippen LogP contribution in [0.1, 0.15) is 53.4 Å². The Bertz CT molecular complexity index is 218. The molecule has 4 heteroatoms. The summed E-state index contributed by atoms with van der Waals surface area (Å²) in [6.07, 6.45) is 6.42. The van der Waals surface area contributed by atoms with Gasteiger partial charge in [-0.1, -0.05) is 27.7 Å². The van der Waals surface area contributed by atoms with Crippen LogP contribution in [0, 0.1) is 0 Å². The van der Waals surface area contributed by atoms with Crippen molar-refractivity contribution in [3.63, 3.8) is 0 Å². The van der Waals surface area contributed by atoms with Crippen LogP contribution in [0.25, 0.3) is 0 Å². The molecule has 0 aliphatic heterocycles. The number of rotatable bonds is 10. The molecule has 0 bridgehead atoms. The lowest BCUT2D eigenvalue weighted by Gasteiger charge is -2.30. The molecule has 0 radical (unpaired) electrons. The number of amides is 1. The average molecular weight is 274 g/mol. The number of carbonyl (C=O) groups excluding carboxylic acids is 1. The highest BCUT2D eigenvalue weighted by atomic mass is 32.2. The number of carbonyl (C=O) groups is 1. The summed E-state index contributed by atoms with van der Waals surface area (Å²) in [5.74, 6) is 0.117. The van der Waals surface area contributed by atoms with Crippen LogP contribution in [0.2, 0.25) is 0 Å². The third-order valence-corrected chi connectivity index (χ3v) is 5.39. The fourth-order valence-corrected chi connectivity index (χ4v) is 2.86. The van der Waals surface area contributed by atoms with E-state index in [0.717, 1.165) is 32.2 Å². The Hall–Kier alpha value is -0.220. The maximum absolute atomic E-state index is 11.7. The van der Waals surface area contributed by atoms with Gasteiger partial charge in [-0.3, -0.25) is 4.79 Å². The molecule has 0 aliphatic carbocycles. The molecular formula is C14H30N2OS. The van der Waals surface area contributed by atoms with Gasteiger partial charge in [0.05, 0.1) is 6.54 Å². The van der Waals surface area contributed by atoms with Gasteiger partial charge in [-0.25, -0.2) is 0 Å². The van der Waals surface area contributed by atoms with E-state index in [1.165, 1.54) is 0 Å². The molecule has 18 heavy (non-hydrogen) atoms. The van der Waals surface area contributed by atoms with Crippen molar-refractivity contribution < 1.29 is 4.79 Å². The fourth-order valence-electron chi connectivity index (χ4n) is 2.04. The Labute approximate surface area is 117 Å². The summed E-state index contributed by atoms with van der Waals surface area (Å²) >= 11 is 1.90. The van der Waals surface area contributed by atoms with Crippen molar-refractivity contribution >= 4 is 17.7 Å². The van der Waals surface area contributed by atoms with Crippen molar-refractivity contribution in [3.05, 3.63) is 0 Å². The second kappa shape index (κ2) is 9.68. The molecule has 0 unspecified atom stereocenters. The van der Waals surface area contributed by atoms with Gasteiger partial charge in [0.2, 0.25) is 5.91 Å². The maximum atomic E-state index is 11.7. The normalized spacial score (nSPS) is 11.9. The molecule has 2 N–H and O–H groups in total. The van der Waals surface area contributed by atoms with E-state index in [2.05, 4.69) is 44.6 Å². The highest BCUT2D eigenvalue weighted by Crippen LogP contribution is 2.29. The van der Waals surface area contributed by atoms with Crippen LogP contribution in [-0.4, -0.2) is 36.0 Å². The van der Waals surface area contributed by atoms with Crippen LogP contribution in [-0.2, 0) is 4.79 Å². The Balaban J connectivity index is 3.99. The Morgan fingerprint density at radius 1 is 1.17 bits per heavy atom. The summed E-state index contributed by atoms with van der Waals surface area (Å²) in [6, 6.07) is 0.321. The van der Waals surface area contributed by atoms with Crippen molar-refractivity contribution in [2.75, 3.05) is 19.3 Å². The van der Waals surface area contributed by atoms with Crippen LogP contribution in [0.15, 0.2) is 0 Å². The van der Waals surface area contributed by atoms with Crippen molar-refractivity contribution in [1.82, 2.24) is 10.6 Å². The summed E-state index contributed by atoms with van der Waals surface area (Å²) in [6.45, 7) is 9.97. The van der Waals surface area contributed by atoms with Gasteiger partial charge in [-0.05, 0) is 31.9 Å². The molecule has 0 saturated carbocycles. The second-order valence-corrected chi connectivity index (χ2v) is 6.05. The second-order valence-electron chi connectivity index (χ2n) is 4.78. The third kappa shape index (κ3) is 6.10. The molecule has 0 aromatic heterocycles. The number of hydrogen-bond donors (Lipinski definition) is 2. The zero-order chi connectivity index (χ0) is 14.0. The van der Waals surface area contributed by atoms with Crippen molar-refractivity contribution in [3.8, 4) is 0 Å². The minimum absolute atomic E-state index is 0.117. The van der Waals surface area contributed by atoms with E-state index in [0.29, 0.717) is 12.6 Å². The van der Waals surface area contributed by atoms with Gasteiger partial charge in [0.15, 0.2) is 0 Å². The molecule has 108 valence electrons. The molecule has 0 spiro atoms. The Morgan fingerprint density at radius 3 is 2.11 bits per heavy atom. The van der Waals surface area contributed by atoms with Crippen LogP contribution < -0.4 is 10.6 Å². The molecule has 0 aromatic rings. The first-order valence-corrected chi connectivity index (χ1v) is 8.35. The van der Waals surface area contributed by atoms with E-state index in [1.807, 2.05) is 11.8 Å². The minimum atomic E-state index is 0.117. The van der Waals surface area contributed by atoms with Crippen molar-refractivity contribution in [2.24, 2.45) is 0 Å². The van der Waals surface area contributed by atoms with Crippen LogP contribution >= 0.6 is 11.8 Å². The van der Waals surface area contributed by atoms with Crippen LogP contribution in [0.4, 0.5) is 0 Å². The Kier molecular flexibility index (Phi) is 9.56. The lowest BCUT2D eigenvalue weighted by molar-refractivity contribution is -0.121. The molecule has 0 heterocycles. The lowest BCUT2D eigenvalue weighted by atomic mass is 10.0. The number of nitrogens with one attached hydrogen (secondary N) is 2. The predicted molar refractivity (Wildman–Crippen MR) is 82.2 cm³/mol. The van der Waals surface area contributed by atoms with E-state index in [-0.39, 0.29) is 10.7 Å². The summed E-state index contributed by atoms with van der Waals surface area (Å²) in [4.78, 5) is 11.7. The topological polar surface area (TPSA) is 41.1 Å².